The number of anilines is 1. The Morgan fingerprint density at radius 3 is 2.16 bits per heavy atom. The maximum atomic E-state index is 11.8. The largest absolute Gasteiger partial charge is 0.419 e. The summed E-state index contributed by atoms with van der Waals surface area (Å²) in [5, 5.41) is 31.5. The van der Waals surface area contributed by atoms with Crippen LogP contribution in [0.25, 0.3) is 0 Å². The van der Waals surface area contributed by atoms with Crippen LogP contribution in [0.15, 0.2) is 23.9 Å². The standard InChI is InChI=1S/C15H10N4O6/c1-15(2)24-13(20)10(14(21)25-15)7-18-11-3-8(5-16)9(6-17)4-12(11)19(22)23/h3-4,7,18H,1-2H3. The minimum absolute atomic E-state index is 0.107. The predicted molar refractivity (Wildman–Crippen MR) is 80.5 cm³/mol. The molecule has 0 atom stereocenters. The number of benzene rings is 1. The molecule has 25 heavy (non-hydrogen) atoms. The van der Waals surface area contributed by atoms with Crippen molar-refractivity contribution >= 4 is 23.3 Å². The molecular weight excluding hydrogens is 332 g/mol. The molecule has 10 nitrogen and oxygen atoms in total. The lowest BCUT2D eigenvalue weighted by Gasteiger charge is -2.29. The molecule has 1 saturated heterocycles. The number of esters is 2. The topological polar surface area (TPSA) is 155 Å². The number of hydrogen-bond acceptors (Lipinski definition) is 9. The number of carbonyl (C=O) groups is 2. The quantitative estimate of drug-likeness (QED) is 0.282. The van der Waals surface area contributed by atoms with Crippen LogP contribution in [-0.4, -0.2) is 22.6 Å². The normalized spacial score (nSPS) is 15.3. The second-order valence-corrected chi connectivity index (χ2v) is 5.28. The summed E-state index contributed by atoms with van der Waals surface area (Å²) in [4.78, 5) is 34.0. The third kappa shape index (κ3) is 3.54. The molecule has 1 aliphatic heterocycles. The Hall–Kier alpha value is -3.92. The molecule has 1 aliphatic rings. The average molecular weight is 342 g/mol. The van der Waals surface area contributed by atoms with Crippen LogP contribution in [-0.2, 0) is 19.1 Å². The lowest BCUT2D eigenvalue weighted by Crippen LogP contribution is -2.42. The number of nitriles is 2. The molecule has 1 heterocycles. The predicted octanol–water partition coefficient (Wildman–Crippen LogP) is 1.47. The van der Waals surface area contributed by atoms with E-state index in [1.54, 1.807) is 12.1 Å². The Morgan fingerprint density at radius 2 is 1.68 bits per heavy atom. The van der Waals surface area contributed by atoms with Gasteiger partial charge in [-0.2, -0.15) is 10.5 Å². The summed E-state index contributed by atoms with van der Waals surface area (Å²) in [6, 6.07) is 5.39. The van der Waals surface area contributed by atoms with E-state index in [2.05, 4.69) is 5.32 Å². The van der Waals surface area contributed by atoms with Crippen LogP contribution in [0, 0.1) is 32.8 Å². The summed E-state index contributed by atoms with van der Waals surface area (Å²) in [6.07, 6.45) is 0.884. The van der Waals surface area contributed by atoms with Gasteiger partial charge in [-0.05, 0) is 6.07 Å². The van der Waals surface area contributed by atoms with Gasteiger partial charge in [-0.15, -0.1) is 0 Å². The minimum Gasteiger partial charge on any atom is -0.419 e. The molecule has 0 spiro atoms. The number of hydrogen-bond donors (Lipinski definition) is 1. The van der Waals surface area contributed by atoms with Gasteiger partial charge in [0.2, 0.25) is 0 Å². The van der Waals surface area contributed by atoms with Crippen molar-refractivity contribution in [2.45, 2.75) is 19.6 Å². The highest BCUT2D eigenvalue weighted by Crippen LogP contribution is 2.29. The van der Waals surface area contributed by atoms with E-state index in [1.165, 1.54) is 13.8 Å². The van der Waals surface area contributed by atoms with Crippen molar-refractivity contribution in [1.29, 1.82) is 10.5 Å². The van der Waals surface area contributed by atoms with Gasteiger partial charge in [0.1, 0.15) is 17.8 Å². The zero-order valence-electron chi connectivity index (χ0n) is 13.0. The number of carbonyl (C=O) groups excluding carboxylic acids is 2. The molecule has 0 saturated carbocycles. The molecule has 126 valence electrons. The van der Waals surface area contributed by atoms with Gasteiger partial charge in [-0.3, -0.25) is 10.1 Å². The highest BCUT2D eigenvalue weighted by atomic mass is 16.7. The van der Waals surface area contributed by atoms with Gasteiger partial charge < -0.3 is 14.8 Å². The lowest BCUT2D eigenvalue weighted by atomic mass is 10.1. The van der Waals surface area contributed by atoms with Gasteiger partial charge in [0.25, 0.3) is 11.5 Å². The first-order chi connectivity index (χ1) is 11.7. The Morgan fingerprint density at radius 1 is 1.16 bits per heavy atom. The fourth-order valence-corrected chi connectivity index (χ4v) is 1.97. The van der Waals surface area contributed by atoms with E-state index in [-0.39, 0.29) is 16.8 Å². The van der Waals surface area contributed by atoms with E-state index < -0.39 is 33.9 Å². The first kappa shape index (κ1) is 17.4. The maximum absolute atomic E-state index is 11.8. The first-order valence-electron chi connectivity index (χ1n) is 6.74. The maximum Gasteiger partial charge on any atom is 0.350 e. The van der Waals surface area contributed by atoms with Crippen LogP contribution in [0.2, 0.25) is 0 Å². The van der Waals surface area contributed by atoms with Gasteiger partial charge in [0, 0.05) is 26.1 Å². The number of nitro benzene ring substituents is 1. The van der Waals surface area contributed by atoms with Crippen molar-refractivity contribution in [3.8, 4) is 12.1 Å². The van der Waals surface area contributed by atoms with E-state index in [1.807, 2.05) is 0 Å². The second-order valence-electron chi connectivity index (χ2n) is 5.28. The van der Waals surface area contributed by atoms with Crippen molar-refractivity contribution in [2.24, 2.45) is 0 Å². The summed E-state index contributed by atoms with van der Waals surface area (Å²) in [6.45, 7) is 2.75. The number of nitro groups is 1. The summed E-state index contributed by atoms with van der Waals surface area (Å²) < 4.78 is 9.77. The van der Waals surface area contributed by atoms with Gasteiger partial charge in [-0.1, -0.05) is 0 Å². The van der Waals surface area contributed by atoms with E-state index in [0.717, 1.165) is 18.3 Å². The summed E-state index contributed by atoms with van der Waals surface area (Å²) in [5.74, 6) is -3.35. The molecule has 1 fully saturated rings. The van der Waals surface area contributed by atoms with E-state index in [9.17, 15) is 19.7 Å². The van der Waals surface area contributed by atoms with Gasteiger partial charge in [0.15, 0.2) is 5.57 Å². The van der Waals surface area contributed by atoms with E-state index in [0.29, 0.717) is 0 Å². The van der Waals surface area contributed by atoms with Crippen LogP contribution in [0.4, 0.5) is 11.4 Å². The molecule has 2 rings (SSSR count). The molecule has 1 aromatic rings. The highest BCUT2D eigenvalue weighted by Gasteiger charge is 2.39. The number of ether oxygens (including phenoxy) is 2. The molecule has 10 heteroatoms. The Balaban J connectivity index is 2.42. The van der Waals surface area contributed by atoms with Gasteiger partial charge in [-0.25, -0.2) is 9.59 Å². The fourth-order valence-electron chi connectivity index (χ4n) is 1.97. The third-order valence-electron chi connectivity index (χ3n) is 3.06. The van der Waals surface area contributed by atoms with E-state index >= 15 is 0 Å². The molecule has 1 N–H and O–H groups in total. The second kappa shape index (κ2) is 6.29. The zero-order valence-corrected chi connectivity index (χ0v) is 13.0. The molecule has 0 aromatic heterocycles. The Bertz CT molecular complexity index is 882. The van der Waals surface area contributed by atoms with Crippen LogP contribution < -0.4 is 5.32 Å². The molecule has 0 radical (unpaired) electrons. The van der Waals surface area contributed by atoms with Crippen LogP contribution in [0.1, 0.15) is 25.0 Å². The van der Waals surface area contributed by atoms with Crippen molar-refractivity contribution in [3.63, 3.8) is 0 Å². The molecule has 0 bridgehead atoms. The van der Waals surface area contributed by atoms with Crippen molar-refractivity contribution in [3.05, 3.63) is 45.1 Å². The zero-order chi connectivity index (χ0) is 18.8. The molecule has 1 aromatic carbocycles. The van der Waals surface area contributed by atoms with Gasteiger partial charge in [0.05, 0.1) is 16.1 Å². The summed E-state index contributed by atoms with van der Waals surface area (Å²) in [7, 11) is 0. The van der Waals surface area contributed by atoms with Crippen LogP contribution in [0.3, 0.4) is 0 Å². The van der Waals surface area contributed by atoms with Crippen LogP contribution in [0.5, 0.6) is 0 Å². The fraction of sp³-hybridized carbons (Fsp3) is 0.200. The number of nitrogens with zero attached hydrogens (tertiary/aromatic N) is 3. The highest BCUT2D eigenvalue weighted by molar-refractivity contribution is 6.15. The minimum atomic E-state index is -1.42. The number of cyclic esters (lactones) is 2. The number of rotatable bonds is 3. The molecule has 0 aliphatic carbocycles. The van der Waals surface area contributed by atoms with E-state index in [4.69, 9.17) is 20.0 Å². The summed E-state index contributed by atoms with van der Waals surface area (Å²) >= 11 is 0. The Kier molecular flexibility index (Phi) is 4.39. The lowest BCUT2D eigenvalue weighted by molar-refractivity contribution is -0.383. The SMILES string of the molecule is CC1(C)OC(=O)C(=CNc2cc(C#N)c(C#N)cc2[N+](=O)[O-])C(=O)O1. The van der Waals surface area contributed by atoms with Crippen LogP contribution >= 0.6 is 0 Å². The third-order valence-corrected chi connectivity index (χ3v) is 3.06. The molecule has 0 unspecified atom stereocenters. The van der Waals surface area contributed by atoms with Gasteiger partial charge >= 0.3 is 11.9 Å². The number of nitrogens with one attached hydrogen (secondary N) is 1. The van der Waals surface area contributed by atoms with Crippen molar-refractivity contribution in [1.82, 2.24) is 0 Å². The first-order valence-corrected chi connectivity index (χ1v) is 6.74. The average Bonchev–Trinajstić information content (AvgIpc) is 2.51. The monoisotopic (exact) mass is 342 g/mol. The smallest absolute Gasteiger partial charge is 0.350 e. The van der Waals surface area contributed by atoms with Crippen molar-refractivity contribution < 1.29 is 24.0 Å². The molecule has 0 amide bonds. The Labute approximate surface area is 141 Å². The van der Waals surface area contributed by atoms with Crippen molar-refractivity contribution in [2.75, 3.05) is 5.32 Å². The molecular formula is C15H10N4O6. The summed E-state index contributed by atoms with van der Waals surface area (Å²) in [5.41, 5.74) is -1.48.